The van der Waals surface area contributed by atoms with Crippen LogP contribution in [0.2, 0.25) is 0 Å². The van der Waals surface area contributed by atoms with Crippen molar-refractivity contribution in [3.63, 3.8) is 0 Å². The summed E-state index contributed by atoms with van der Waals surface area (Å²) < 4.78 is 7.47. The molecular formula is C27H26N6O2S. The first-order valence-corrected chi connectivity index (χ1v) is 12.9. The fourth-order valence-electron chi connectivity index (χ4n) is 4.73. The van der Waals surface area contributed by atoms with Crippen molar-refractivity contribution in [2.24, 2.45) is 0 Å². The Morgan fingerprint density at radius 1 is 1.19 bits per heavy atom. The summed E-state index contributed by atoms with van der Waals surface area (Å²) in [5.41, 5.74) is 2.73. The van der Waals surface area contributed by atoms with Crippen LogP contribution in [0.25, 0.3) is 31.8 Å². The summed E-state index contributed by atoms with van der Waals surface area (Å²) >= 11 is 1.68. The fourth-order valence-corrected chi connectivity index (χ4v) is 5.70. The maximum Gasteiger partial charge on any atom is 0.161 e. The third kappa shape index (κ3) is 4.67. The molecule has 36 heavy (non-hydrogen) atoms. The highest BCUT2D eigenvalue weighted by Crippen LogP contribution is 2.35. The smallest absolute Gasteiger partial charge is 0.161 e. The molecule has 182 valence electrons. The average Bonchev–Trinajstić information content (AvgIpc) is 3.49. The number of fused-ring (bicyclic) bond motifs is 2. The average molecular weight is 499 g/mol. The van der Waals surface area contributed by atoms with Gasteiger partial charge in [0.25, 0.3) is 0 Å². The van der Waals surface area contributed by atoms with Gasteiger partial charge in [0.05, 0.1) is 16.8 Å². The first-order valence-electron chi connectivity index (χ1n) is 12.1. The zero-order chi connectivity index (χ0) is 24.5. The normalized spacial score (nSPS) is 16.4. The molecule has 9 heteroatoms. The number of nitrogens with one attached hydrogen (secondary N) is 2. The lowest BCUT2D eigenvalue weighted by atomic mass is 10.1. The number of aromatic amines is 1. The largest absolute Gasteiger partial charge is 0.456 e. The molecule has 0 unspecified atom stereocenters. The summed E-state index contributed by atoms with van der Waals surface area (Å²) in [5.74, 6) is 2.31. The predicted octanol–water partition coefficient (Wildman–Crippen LogP) is 5.49. The molecule has 3 aromatic heterocycles. The summed E-state index contributed by atoms with van der Waals surface area (Å²) in [6, 6.07) is 18.2. The van der Waals surface area contributed by atoms with E-state index in [1.54, 1.807) is 24.5 Å². The number of Topliss-reactive ketones (excluding diaryl/α,β-unsaturated/α-hetero) is 1. The van der Waals surface area contributed by atoms with E-state index in [2.05, 4.69) is 31.5 Å². The number of aromatic nitrogens is 4. The first-order chi connectivity index (χ1) is 17.6. The lowest BCUT2D eigenvalue weighted by Gasteiger charge is -2.32. The quantitative estimate of drug-likeness (QED) is 0.306. The number of piperidine rings is 1. The van der Waals surface area contributed by atoms with Gasteiger partial charge in [-0.1, -0.05) is 12.1 Å². The number of H-pyrrole nitrogens is 1. The van der Waals surface area contributed by atoms with Crippen LogP contribution in [-0.4, -0.2) is 56.5 Å². The number of pyridine rings is 1. The highest BCUT2D eigenvalue weighted by molar-refractivity contribution is 7.21. The zero-order valence-corrected chi connectivity index (χ0v) is 20.7. The van der Waals surface area contributed by atoms with Crippen molar-refractivity contribution in [1.29, 1.82) is 0 Å². The van der Waals surface area contributed by atoms with Gasteiger partial charge in [-0.3, -0.25) is 14.8 Å². The second-order valence-electron chi connectivity index (χ2n) is 9.14. The maximum absolute atomic E-state index is 11.6. The minimum Gasteiger partial charge on any atom is -0.456 e. The molecule has 1 fully saturated rings. The molecule has 0 aliphatic carbocycles. The molecular weight excluding hydrogens is 472 g/mol. The molecule has 0 radical (unpaired) electrons. The summed E-state index contributed by atoms with van der Waals surface area (Å²) in [4.78, 5) is 22.9. The first kappa shape index (κ1) is 22.6. The van der Waals surface area contributed by atoms with E-state index in [0.29, 0.717) is 23.8 Å². The van der Waals surface area contributed by atoms with E-state index in [9.17, 15) is 4.79 Å². The van der Waals surface area contributed by atoms with E-state index in [-0.39, 0.29) is 11.8 Å². The van der Waals surface area contributed by atoms with Crippen molar-refractivity contribution >= 4 is 44.2 Å². The highest BCUT2D eigenvalue weighted by Gasteiger charge is 2.23. The molecule has 2 aromatic carbocycles. The van der Waals surface area contributed by atoms with E-state index < -0.39 is 0 Å². The van der Waals surface area contributed by atoms with Gasteiger partial charge in [0.2, 0.25) is 0 Å². The summed E-state index contributed by atoms with van der Waals surface area (Å²) in [7, 11) is 0. The van der Waals surface area contributed by atoms with Crippen molar-refractivity contribution in [1.82, 2.24) is 25.1 Å². The van der Waals surface area contributed by atoms with E-state index in [1.165, 1.54) is 4.70 Å². The van der Waals surface area contributed by atoms with Crippen LogP contribution in [0.4, 0.5) is 5.82 Å². The van der Waals surface area contributed by atoms with Crippen LogP contribution in [0.1, 0.15) is 19.8 Å². The molecule has 0 bridgehead atoms. The van der Waals surface area contributed by atoms with Crippen LogP contribution in [0, 0.1) is 0 Å². The predicted molar refractivity (Wildman–Crippen MR) is 143 cm³/mol. The van der Waals surface area contributed by atoms with Crippen molar-refractivity contribution in [3.8, 4) is 22.1 Å². The molecule has 0 spiro atoms. The Morgan fingerprint density at radius 3 is 2.89 bits per heavy atom. The Balaban J connectivity index is 1.22. The van der Waals surface area contributed by atoms with Gasteiger partial charge >= 0.3 is 0 Å². The third-order valence-corrected chi connectivity index (χ3v) is 7.42. The van der Waals surface area contributed by atoms with Gasteiger partial charge in [0.15, 0.2) is 11.5 Å². The summed E-state index contributed by atoms with van der Waals surface area (Å²) in [6.45, 7) is 3.88. The van der Waals surface area contributed by atoms with E-state index in [0.717, 1.165) is 53.2 Å². The number of anilines is 1. The van der Waals surface area contributed by atoms with Crippen LogP contribution < -0.4 is 10.1 Å². The monoisotopic (exact) mass is 498 g/mol. The van der Waals surface area contributed by atoms with Gasteiger partial charge in [-0.05, 0) is 62.7 Å². The Hall–Kier alpha value is -3.82. The van der Waals surface area contributed by atoms with Crippen LogP contribution in [-0.2, 0) is 4.79 Å². The third-order valence-electron chi connectivity index (χ3n) is 6.34. The van der Waals surface area contributed by atoms with Gasteiger partial charge in [0.1, 0.15) is 27.7 Å². The number of para-hydroxylation sites is 1. The number of benzene rings is 2. The Kier molecular flexibility index (Phi) is 6.08. The maximum atomic E-state index is 11.6. The SMILES string of the molecule is CC(=O)CN1CCC[C@@H](Nc2n[nH]c3nccc(Oc4ccc(-c5nc6ccccc6s5)cc4)c23)C1. The number of hydrogen-bond acceptors (Lipinski definition) is 8. The summed E-state index contributed by atoms with van der Waals surface area (Å²) in [6.07, 6.45) is 3.77. The Bertz CT molecular complexity index is 1490. The number of thiazole rings is 1. The zero-order valence-electron chi connectivity index (χ0n) is 19.9. The molecule has 1 aliphatic rings. The number of ketones is 1. The highest BCUT2D eigenvalue weighted by atomic mass is 32.1. The molecule has 4 heterocycles. The number of rotatable bonds is 7. The number of hydrogen-bond donors (Lipinski definition) is 2. The van der Waals surface area contributed by atoms with Gasteiger partial charge in [-0.15, -0.1) is 11.3 Å². The Labute approximate surface area is 212 Å². The van der Waals surface area contributed by atoms with Crippen molar-refractivity contribution in [2.75, 3.05) is 25.0 Å². The molecule has 0 amide bonds. The van der Waals surface area contributed by atoms with Gasteiger partial charge in [-0.25, -0.2) is 9.97 Å². The second kappa shape index (κ2) is 9.67. The minimum atomic E-state index is 0.190. The molecule has 0 saturated carbocycles. The molecule has 6 rings (SSSR count). The van der Waals surface area contributed by atoms with Gasteiger partial charge in [-0.2, -0.15) is 5.10 Å². The summed E-state index contributed by atoms with van der Waals surface area (Å²) in [5, 5.41) is 12.9. The molecule has 8 nitrogen and oxygen atoms in total. The van der Waals surface area contributed by atoms with Gasteiger partial charge in [0, 0.05) is 30.4 Å². The van der Waals surface area contributed by atoms with E-state index >= 15 is 0 Å². The number of ether oxygens (including phenoxy) is 1. The van der Waals surface area contributed by atoms with Crippen molar-refractivity contribution in [3.05, 3.63) is 60.8 Å². The van der Waals surface area contributed by atoms with Crippen LogP contribution >= 0.6 is 11.3 Å². The molecule has 1 saturated heterocycles. The van der Waals surface area contributed by atoms with Crippen LogP contribution in [0.5, 0.6) is 11.5 Å². The number of carbonyl (C=O) groups is 1. The lowest BCUT2D eigenvalue weighted by molar-refractivity contribution is -0.118. The number of nitrogens with zero attached hydrogens (tertiary/aromatic N) is 4. The number of likely N-dealkylation sites (tertiary alicyclic amines) is 1. The van der Waals surface area contributed by atoms with Crippen molar-refractivity contribution < 1.29 is 9.53 Å². The Morgan fingerprint density at radius 2 is 2.06 bits per heavy atom. The standard InChI is InChI=1S/C27H26N6O2S/c1-17(34)15-33-14-4-5-19(16-33)29-26-24-22(12-13-28-25(24)31-32-26)35-20-10-8-18(9-11-20)27-30-21-6-2-3-7-23(21)36-27/h2-3,6-13,19H,4-5,14-16H2,1H3,(H2,28,29,31,32)/t19-/m1/s1. The van der Waals surface area contributed by atoms with Crippen LogP contribution in [0.3, 0.4) is 0 Å². The second-order valence-corrected chi connectivity index (χ2v) is 10.2. The topological polar surface area (TPSA) is 96.0 Å². The molecule has 1 aliphatic heterocycles. The number of carbonyl (C=O) groups excluding carboxylic acids is 1. The molecule has 2 N–H and O–H groups in total. The molecule has 1 atom stereocenters. The fraction of sp³-hybridized carbons (Fsp3) is 0.259. The van der Waals surface area contributed by atoms with Crippen LogP contribution in [0.15, 0.2) is 60.8 Å². The lowest BCUT2D eigenvalue weighted by Crippen LogP contribution is -2.43. The minimum absolute atomic E-state index is 0.190. The molecule has 5 aromatic rings. The van der Waals surface area contributed by atoms with E-state index in [1.807, 2.05) is 48.5 Å². The van der Waals surface area contributed by atoms with Crippen molar-refractivity contribution in [2.45, 2.75) is 25.8 Å². The van der Waals surface area contributed by atoms with E-state index in [4.69, 9.17) is 9.72 Å². The van der Waals surface area contributed by atoms with Gasteiger partial charge < -0.3 is 10.1 Å².